The normalized spacial score (nSPS) is 23.2. The van der Waals surface area contributed by atoms with Crippen LogP contribution in [-0.2, 0) is 4.79 Å². The third-order valence-electron chi connectivity index (χ3n) is 4.47. The van der Waals surface area contributed by atoms with Crippen LogP contribution in [0.2, 0.25) is 5.02 Å². The van der Waals surface area contributed by atoms with E-state index in [0.29, 0.717) is 5.02 Å². The molecule has 4 nitrogen and oxygen atoms in total. The molecule has 2 saturated carbocycles. The summed E-state index contributed by atoms with van der Waals surface area (Å²) < 4.78 is 26.1. The number of halogens is 3. The molecule has 2 aliphatic rings. The van der Waals surface area contributed by atoms with Crippen LogP contribution in [0.5, 0.6) is 0 Å². The summed E-state index contributed by atoms with van der Waals surface area (Å²) in [5.41, 5.74) is -1.87. The molecule has 2 fully saturated rings. The summed E-state index contributed by atoms with van der Waals surface area (Å²) in [7, 11) is 0. The summed E-state index contributed by atoms with van der Waals surface area (Å²) in [6.07, 6.45) is -0.529. The number of carboxylic acid groups (broad SMARTS) is 1. The molecule has 0 unspecified atom stereocenters. The van der Waals surface area contributed by atoms with Crippen LogP contribution in [0, 0.1) is 5.41 Å². The number of rotatable bonds is 3. The van der Waals surface area contributed by atoms with Gasteiger partial charge in [-0.1, -0.05) is 17.7 Å². The number of aliphatic carboxylic acids is 1. The number of carbonyl (C=O) groups excluding carboxylic acids is 1. The van der Waals surface area contributed by atoms with Crippen LogP contribution >= 0.6 is 11.6 Å². The van der Waals surface area contributed by atoms with E-state index in [1.54, 1.807) is 12.1 Å². The highest BCUT2D eigenvalue weighted by atomic mass is 35.5. The van der Waals surface area contributed by atoms with Gasteiger partial charge in [0.15, 0.2) is 0 Å². The fourth-order valence-corrected chi connectivity index (χ4v) is 3.93. The molecule has 2 aliphatic carbocycles. The van der Waals surface area contributed by atoms with Crippen LogP contribution < -0.4 is 5.32 Å². The van der Waals surface area contributed by atoms with E-state index in [0.717, 1.165) is 0 Å². The van der Waals surface area contributed by atoms with Crippen LogP contribution in [0.25, 0.3) is 0 Å². The number of hydrogen-bond donors (Lipinski definition) is 2. The Bertz CT molecular complexity index is 646. The lowest BCUT2D eigenvalue weighted by molar-refractivity contribution is -0.220. The number of hydrogen-bond acceptors (Lipinski definition) is 2. The zero-order valence-corrected chi connectivity index (χ0v) is 12.3. The maximum Gasteiger partial charge on any atom is 0.329 e. The van der Waals surface area contributed by atoms with Crippen molar-refractivity contribution >= 4 is 23.5 Å². The van der Waals surface area contributed by atoms with Crippen LogP contribution in [-0.4, -0.2) is 28.4 Å². The third kappa shape index (κ3) is 2.45. The van der Waals surface area contributed by atoms with Crippen molar-refractivity contribution in [2.45, 2.75) is 37.1 Å². The van der Waals surface area contributed by atoms with Crippen molar-refractivity contribution in [3.8, 4) is 0 Å². The maximum absolute atomic E-state index is 13.0. The topological polar surface area (TPSA) is 66.4 Å². The van der Waals surface area contributed by atoms with E-state index >= 15 is 0 Å². The van der Waals surface area contributed by atoms with Crippen molar-refractivity contribution in [2.24, 2.45) is 5.41 Å². The van der Waals surface area contributed by atoms with E-state index in [1.165, 1.54) is 12.1 Å². The fraction of sp³-hybridized carbons (Fsp3) is 0.467. The second-order valence-corrected chi connectivity index (χ2v) is 6.85. The molecule has 1 aromatic carbocycles. The molecule has 0 saturated heterocycles. The molecule has 3 rings (SSSR count). The summed E-state index contributed by atoms with van der Waals surface area (Å²) in [5, 5.41) is 12.2. The van der Waals surface area contributed by atoms with E-state index in [4.69, 9.17) is 11.6 Å². The highest BCUT2D eigenvalue weighted by molar-refractivity contribution is 6.31. The van der Waals surface area contributed by atoms with Crippen LogP contribution in [0.15, 0.2) is 24.3 Å². The monoisotopic (exact) mass is 329 g/mol. The average Bonchev–Trinajstić information content (AvgIpc) is 2.33. The standard InChI is InChI=1S/C15H14ClF2NO3/c16-10-3-1-2-9(4-10)11(20)19-14(12(21)22)5-13(6-14)7-15(17,18)8-13/h1-4H,5-8H2,(H,19,20)(H,21,22). The van der Waals surface area contributed by atoms with Crippen molar-refractivity contribution in [1.82, 2.24) is 5.32 Å². The molecule has 7 heteroatoms. The van der Waals surface area contributed by atoms with Crippen molar-refractivity contribution in [1.29, 1.82) is 0 Å². The smallest absolute Gasteiger partial charge is 0.329 e. The zero-order chi connectivity index (χ0) is 16.2. The van der Waals surface area contributed by atoms with Gasteiger partial charge in [0.2, 0.25) is 5.92 Å². The van der Waals surface area contributed by atoms with E-state index in [-0.39, 0.29) is 31.2 Å². The Labute approximate surface area is 130 Å². The molecule has 1 amide bonds. The molecule has 2 N–H and O–H groups in total. The summed E-state index contributed by atoms with van der Waals surface area (Å²) in [6.45, 7) is 0. The van der Waals surface area contributed by atoms with Gasteiger partial charge < -0.3 is 10.4 Å². The summed E-state index contributed by atoms with van der Waals surface area (Å²) in [5.74, 6) is -4.46. The summed E-state index contributed by atoms with van der Waals surface area (Å²) in [4.78, 5) is 23.7. The molecule has 1 aromatic rings. The van der Waals surface area contributed by atoms with Gasteiger partial charge in [-0.2, -0.15) is 0 Å². The quantitative estimate of drug-likeness (QED) is 0.895. The molecule has 0 bridgehead atoms. The summed E-state index contributed by atoms with van der Waals surface area (Å²) in [6, 6.07) is 6.13. The molecular weight excluding hydrogens is 316 g/mol. The molecule has 0 heterocycles. The zero-order valence-electron chi connectivity index (χ0n) is 11.5. The minimum atomic E-state index is -2.71. The number of carboxylic acids is 1. The average molecular weight is 330 g/mol. The van der Waals surface area contributed by atoms with Gasteiger partial charge in [-0.15, -0.1) is 0 Å². The molecule has 0 radical (unpaired) electrons. The van der Waals surface area contributed by atoms with Crippen LogP contribution in [0.1, 0.15) is 36.0 Å². The number of amides is 1. The Hall–Kier alpha value is -1.69. The Balaban J connectivity index is 1.72. The van der Waals surface area contributed by atoms with Gasteiger partial charge in [-0.25, -0.2) is 13.6 Å². The van der Waals surface area contributed by atoms with Gasteiger partial charge in [0.05, 0.1) is 0 Å². The van der Waals surface area contributed by atoms with E-state index in [1.807, 2.05) is 0 Å². The predicted molar refractivity (Wildman–Crippen MR) is 75.1 cm³/mol. The maximum atomic E-state index is 13.0. The SMILES string of the molecule is O=C(NC1(C(=O)O)CC2(CC(F)(F)C2)C1)c1cccc(Cl)c1. The lowest BCUT2D eigenvalue weighted by Crippen LogP contribution is -2.70. The molecule has 22 heavy (non-hydrogen) atoms. The predicted octanol–water partition coefficient (Wildman–Crippen LogP) is 3.10. The van der Waals surface area contributed by atoms with E-state index in [9.17, 15) is 23.5 Å². The van der Waals surface area contributed by atoms with Crippen molar-refractivity contribution in [3.63, 3.8) is 0 Å². The van der Waals surface area contributed by atoms with Gasteiger partial charge in [0.25, 0.3) is 5.91 Å². The Morgan fingerprint density at radius 2 is 1.82 bits per heavy atom. The van der Waals surface area contributed by atoms with Gasteiger partial charge in [0, 0.05) is 23.4 Å². The minimum absolute atomic E-state index is 0.0389. The highest BCUT2D eigenvalue weighted by Gasteiger charge is 2.69. The number of nitrogens with one attached hydrogen (secondary N) is 1. The molecular formula is C15H14ClF2NO3. The van der Waals surface area contributed by atoms with Crippen LogP contribution in [0.3, 0.4) is 0 Å². The largest absolute Gasteiger partial charge is 0.480 e. The lowest BCUT2D eigenvalue weighted by Gasteiger charge is -2.61. The van der Waals surface area contributed by atoms with Gasteiger partial charge in [0.1, 0.15) is 5.54 Å². The Morgan fingerprint density at radius 3 is 2.32 bits per heavy atom. The van der Waals surface area contributed by atoms with Gasteiger partial charge >= 0.3 is 5.97 Å². The second kappa shape index (κ2) is 4.65. The Morgan fingerprint density at radius 1 is 1.18 bits per heavy atom. The molecule has 0 atom stereocenters. The highest BCUT2D eigenvalue weighted by Crippen LogP contribution is 2.65. The van der Waals surface area contributed by atoms with E-state index in [2.05, 4.69) is 5.32 Å². The molecule has 0 aromatic heterocycles. The molecule has 0 aliphatic heterocycles. The summed E-state index contributed by atoms with van der Waals surface area (Å²) >= 11 is 5.80. The first-order valence-electron chi connectivity index (χ1n) is 6.85. The molecule has 1 spiro atoms. The first-order chi connectivity index (χ1) is 10.2. The molecule has 118 valence electrons. The van der Waals surface area contributed by atoms with Crippen molar-refractivity contribution < 1.29 is 23.5 Å². The van der Waals surface area contributed by atoms with Crippen molar-refractivity contribution in [3.05, 3.63) is 34.9 Å². The van der Waals surface area contributed by atoms with Gasteiger partial charge in [-0.3, -0.25) is 4.79 Å². The number of benzene rings is 1. The minimum Gasteiger partial charge on any atom is -0.480 e. The Kier molecular flexibility index (Phi) is 3.22. The van der Waals surface area contributed by atoms with Gasteiger partial charge in [-0.05, 0) is 36.5 Å². The van der Waals surface area contributed by atoms with Crippen molar-refractivity contribution in [2.75, 3.05) is 0 Å². The third-order valence-corrected chi connectivity index (χ3v) is 4.70. The number of alkyl halides is 2. The lowest BCUT2D eigenvalue weighted by atomic mass is 9.47. The number of carbonyl (C=O) groups is 2. The first-order valence-corrected chi connectivity index (χ1v) is 7.23. The first kappa shape index (κ1) is 15.2. The second-order valence-electron chi connectivity index (χ2n) is 6.41. The fourth-order valence-electron chi connectivity index (χ4n) is 3.74. The van der Waals surface area contributed by atoms with E-state index < -0.39 is 28.8 Å². The van der Waals surface area contributed by atoms with Crippen LogP contribution in [0.4, 0.5) is 8.78 Å².